The molecule has 0 aliphatic heterocycles. The highest BCUT2D eigenvalue weighted by Gasteiger charge is 2.36. The summed E-state index contributed by atoms with van der Waals surface area (Å²) in [6, 6.07) is 7.45. The van der Waals surface area contributed by atoms with E-state index >= 15 is 0 Å². The number of nitrogens with zero attached hydrogens (tertiary/aromatic N) is 2. The summed E-state index contributed by atoms with van der Waals surface area (Å²) in [7, 11) is 1.58. The van der Waals surface area contributed by atoms with E-state index in [-0.39, 0.29) is 29.5 Å². The first-order chi connectivity index (χ1) is 20.5. The van der Waals surface area contributed by atoms with Gasteiger partial charge >= 0.3 is 11.7 Å². The molecular formula is C32H45N3O7S. The third-order valence-electron chi connectivity index (χ3n) is 7.59. The Bertz CT molecular complexity index is 1550. The van der Waals surface area contributed by atoms with E-state index in [2.05, 4.69) is 5.32 Å². The number of hydrogen-bond acceptors (Lipinski definition) is 8. The van der Waals surface area contributed by atoms with E-state index in [1.54, 1.807) is 27.9 Å². The van der Waals surface area contributed by atoms with Crippen molar-refractivity contribution in [3.8, 4) is 5.75 Å². The molecule has 0 fully saturated rings. The molecule has 0 unspecified atom stereocenters. The number of amides is 1. The van der Waals surface area contributed by atoms with Gasteiger partial charge in [0.1, 0.15) is 27.1 Å². The Kier molecular flexibility index (Phi) is 11.7. The molecule has 0 bridgehead atoms. The topological polar surface area (TPSA) is 118 Å². The lowest BCUT2D eigenvalue weighted by molar-refractivity contribution is -0.128. The molecule has 1 atom stereocenters. The van der Waals surface area contributed by atoms with E-state index in [9.17, 15) is 19.2 Å². The third kappa shape index (κ3) is 7.04. The van der Waals surface area contributed by atoms with Crippen LogP contribution in [0.1, 0.15) is 94.1 Å². The Labute approximate surface area is 257 Å². The molecule has 0 saturated heterocycles. The van der Waals surface area contributed by atoms with Gasteiger partial charge in [0.15, 0.2) is 0 Å². The predicted molar refractivity (Wildman–Crippen MR) is 169 cm³/mol. The predicted octanol–water partition coefficient (Wildman–Crippen LogP) is 5.32. The van der Waals surface area contributed by atoms with Crippen LogP contribution < -0.4 is 21.3 Å². The van der Waals surface area contributed by atoms with E-state index < -0.39 is 34.8 Å². The van der Waals surface area contributed by atoms with Crippen LogP contribution in [0.3, 0.4) is 0 Å². The van der Waals surface area contributed by atoms with Gasteiger partial charge in [-0.15, -0.1) is 11.3 Å². The highest BCUT2D eigenvalue weighted by atomic mass is 32.1. The van der Waals surface area contributed by atoms with Crippen molar-refractivity contribution < 1.29 is 23.8 Å². The molecule has 43 heavy (non-hydrogen) atoms. The lowest BCUT2D eigenvalue weighted by Crippen LogP contribution is -2.56. The lowest BCUT2D eigenvalue weighted by Gasteiger charge is -2.29. The Morgan fingerprint density at radius 3 is 2.33 bits per heavy atom. The third-order valence-corrected chi connectivity index (χ3v) is 8.88. The molecule has 3 rings (SSSR count). The number of fused-ring (bicyclic) bond motifs is 1. The number of rotatable bonds is 15. The summed E-state index contributed by atoms with van der Waals surface area (Å²) in [5.41, 5.74) is -1.67. The Balaban J connectivity index is 2.38. The number of aryl methyl sites for hydroxylation is 1. The Morgan fingerprint density at radius 2 is 1.72 bits per heavy atom. The maximum Gasteiger partial charge on any atom is 0.348 e. The van der Waals surface area contributed by atoms with Crippen LogP contribution in [0.2, 0.25) is 0 Å². The van der Waals surface area contributed by atoms with Crippen LogP contribution in [0, 0.1) is 6.92 Å². The second-order valence-corrected chi connectivity index (χ2v) is 12.0. The minimum absolute atomic E-state index is 0.0164. The number of carbonyl (C=O) groups excluding carboxylic acids is 2. The molecule has 0 spiro atoms. The number of ether oxygens (including phenoxy) is 3. The molecule has 1 N–H and O–H groups in total. The highest BCUT2D eigenvalue weighted by Crippen LogP contribution is 2.34. The maximum atomic E-state index is 14.4. The second kappa shape index (κ2) is 14.8. The molecule has 2 aromatic heterocycles. The fraction of sp³-hybridized carbons (Fsp3) is 0.562. The van der Waals surface area contributed by atoms with Gasteiger partial charge in [-0.1, -0.05) is 45.9 Å². The summed E-state index contributed by atoms with van der Waals surface area (Å²) in [5.74, 6) is -0.411. The van der Waals surface area contributed by atoms with Crippen molar-refractivity contribution in [2.24, 2.45) is 0 Å². The standard InChI is InChI=1S/C32H45N3O7S/c1-9-17-33-30(38)32(6,7)35-27(36)25-20(5)26(29(37)41-18-10-2)43-28(25)34(31(35)39)19-24(42-21(11-3)12-4)22-15-13-14-16-23(22)40-8/h13-16,21,24H,9-12,17-19H2,1-8H3,(H,33,38)/t24-/m0/s1. The summed E-state index contributed by atoms with van der Waals surface area (Å²) < 4.78 is 20.1. The van der Waals surface area contributed by atoms with Gasteiger partial charge in [0.2, 0.25) is 5.91 Å². The molecule has 3 aromatic rings. The Morgan fingerprint density at radius 1 is 1.05 bits per heavy atom. The molecular weight excluding hydrogens is 570 g/mol. The zero-order chi connectivity index (χ0) is 31.9. The number of thiophene rings is 1. The van der Waals surface area contributed by atoms with Gasteiger partial charge in [-0.05, 0) is 58.1 Å². The van der Waals surface area contributed by atoms with Crippen molar-refractivity contribution in [3.63, 3.8) is 0 Å². The number of benzene rings is 1. The van der Waals surface area contributed by atoms with Crippen LogP contribution in [0.15, 0.2) is 33.9 Å². The normalized spacial score (nSPS) is 12.5. The molecule has 236 valence electrons. The molecule has 0 radical (unpaired) electrons. The number of para-hydroxylation sites is 1. The van der Waals surface area contributed by atoms with E-state index in [0.717, 1.165) is 34.3 Å². The van der Waals surface area contributed by atoms with Crippen LogP contribution in [-0.4, -0.2) is 47.4 Å². The first kappa shape index (κ1) is 34.1. The molecule has 0 saturated carbocycles. The van der Waals surface area contributed by atoms with Crippen LogP contribution in [0.5, 0.6) is 5.75 Å². The largest absolute Gasteiger partial charge is 0.496 e. The zero-order valence-electron chi connectivity index (χ0n) is 26.6. The number of hydrogen-bond donors (Lipinski definition) is 1. The molecule has 10 nitrogen and oxygen atoms in total. The van der Waals surface area contributed by atoms with Crippen LogP contribution in [0.4, 0.5) is 0 Å². The fourth-order valence-electron chi connectivity index (χ4n) is 5.04. The van der Waals surface area contributed by atoms with Crippen LogP contribution >= 0.6 is 11.3 Å². The van der Waals surface area contributed by atoms with E-state index in [4.69, 9.17) is 14.2 Å². The van der Waals surface area contributed by atoms with Gasteiger partial charge in [-0.3, -0.25) is 14.2 Å². The van der Waals surface area contributed by atoms with Crippen LogP contribution in [0.25, 0.3) is 10.2 Å². The number of aromatic nitrogens is 2. The molecule has 0 aliphatic rings. The molecule has 2 heterocycles. The van der Waals surface area contributed by atoms with Gasteiger partial charge in [-0.2, -0.15) is 0 Å². The fourth-order valence-corrected chi connectivity index (χ4v) is 6.23. The monoisotopic (exact) mass is 615 g/mol. The average Bonchev–Trinajstić information content (AvgIpc) is 3.35. The summed E-state index contributed by atoms with van der Waals surface area (Å²) >= 11 is 1.04. The quantitative estimate of drug-likeness (QED) is 0.230. The first-order valence-electron chi connectivity index (χ1n) is 15.0. The van der Waals surface area contributed by atoms with Gasteiger partial charge < -0.3 is 19.5 Å². The van der Waals surface area contributed by atoms with Crippen LogP contribution in [-0.2, 0) is 26.4 Å². The SMILES string of the molecule is CCCNC(=O)C(C)(C)n1c(=O)c2c(C)c(C(=O)OCCC)sc2n(C[C@H](OC(CC)CC)c2ccccc2OC)c1=O. The lowest BCUT2D eigenvalue weighted by atomic mass is 10.0. The zero-order valence-corrected chi connectivity index (χ0v) is 27.4. The Hall–Kier alpha value is -3.44. The van der Waals surface area contributed by atoms with Crippen molar-refractivity contribution in [1.82, 2.24) is 14.5 Å². The van der Waals surface area contributed by atoms with E-state index in [0.29, 0.717) is 35.5 Å². The summed E-state index contributed by atoms with van der Waals surface area (Å²) in [4.78, 5) is 55.4. The number of nitrogens with one attached hydrogen (secondary N) is 1. The number of esters is 1. The van der Waals surface area contributed by atoms with Crippen molar-refractivity contribution in [2.75, 3.05) is 20.3 Å². The van der Waals surface area contributed by atoms with Gasteiger partial charge in [0.05, 0.1) is 31.8 Å². The smallest absolute Gasteiger partial charge is 0.348 e. The second-order valence-electron chi connectivity index (χ2n) is 11.0. The van der Waals surface area contributed by atoms with E-state index in [1.807, 2.05) is 52.0 Å². The van der Waals surface area contributed by atoms with Gasteiger partial charge in [-0.25, -0.2) is 14.2 Å². The molecule has 0 aliphatic carbocycles. The summed E-state index contributed by atoms with van der Waals surface area (Å²) in [6.45, 7) is 13.3. The molecule has 1 amide bonds. The minimum Gasteiger partial charge on any atom is -0.496 e. The minimum atomic E-state index is -1.52. The van der Waals surface area contributed by atoms with Gasteiger partial charge in [0.25, 0.3) is 5.56 Å². The molecule has 1 aromatic carbocycles. The van der Waals surface area contributed by atoms with E-state index in [1.165, 1.54) is 4.57 Å². The maximum absolute atomic E-state index is 14.4. The van der Waals surface area contributed by atoms with Crippen molar-refractivity contribution >= 4 is 33.4 Å². The van der Waals surface area contributed by atoms with Gasteiger partial charge in [0, 0.05) is 12.1 Å². The number of carbonyl (C=O) groups is 2. The first-order valence-corrected chi connectivity index (χ1v) is 15.8. The highest BCUT2D eigenvalue weighted by molar-refractivity contribution is 7.20. The van der Waals surface area contributed by atoms with Crippen molar-refractivity contribution in [2.45, 2.75) is 98.4 Å². The summed E-state index contributed by atoms with van der Waals surface area (Å²) in [5, 5.41) is 3.02. The van der Waals surface area contributed by atoms with Crippen molar-refractivity contribution in [3.05, 3.63) is 61.1 Å². The summed E-state index contributed by atoms with van der Waals surface area (Å²) in [6.07, 6.45) is 2.10. The number of methoxy groups -OCH3 is 1. The average molecular weight is 616 g/mol. The van der Waals surface area contributed by atoms with Crippen molar-refractivity contribution in [1.29, 1.82) is 0 Å². The molecule has 11 heteroatoms.